The molecule has 0 saturated carbocycles. The molecule has 20 heavy (non-hydrogen) atoms. The number of nitrogens with zero attached hydrogens (tertiary/aromatic N) is 2. The molecule has 6 nitrogen and oxygen atoms in total. The Hall–Kier alpha value is -1.70. The molecule has 0 unspecified atom stereocenters. The summed E-state index contributed by atoms with van der Waals surface area (Å²) in [5, 5.41) is 0. The second kappa shape index (κ2) is 6.17. The summed E-state index contributed by atoms with van der Waals surface area (Å²) in [4.78, 5) is 7.48. The van der Waals surface area contributed by atoms with Crippen LogP contribution in [0.25, 0.3) is 11.4 Å². The quantitative estimate of drug-likeness (QED) is 0.835. The molecule has 1 aromatic heterocycles. The molecule has 0 aliphatic carbocycles. The van der Waals surface area contributed by atoms with Crippen LogP contribution in [0.4, 0.5) is 0 Å². The Kier molecular flexibility index (Phi) is 4.53. The van der Waals surface area contributed by atoms with Crippen LogP contribution in [0, 0.1) is 0 Å². The van der Waals surface area contributed by atoms with Gasteiger partial charge in [0.1, 0.15) is 5.82 Å². The Bertz CT molecular complexity index is 650. The van der Waals surface area contributed by atoms with Crippen LogP contribution >= 0.6 is 0 Å². The van der Waals surface area contributed by atoms with Gasteiger partial charge in [-0.3, -0.25) is 0 Å². The number of nitrogens with one attached hydrogen (secondary N) is 2. The van der Waals surface area contributed by atoms with Crippen molar-refractivity contribution in [2.45, 2.75) is 6.42 Å². The van der Waals surface area contributed by atoms with Crippen LogP contribution < -0.4 is 4.72 Å². The van der Waals surface area contributed by atoms with E-state index in [1.54, 1.807) is 6.20 Å². The zero-order valence-electron chi connectivity index (χ0n) is 11.5. The second-order valence-corrected chi connectivity index (χ2v) is 6.52. The number of hydrogen-bond donors (Lipinski definition) is 2. The van der Waals surface area contributed by atoms with Gasteiger partial charge in [-0.05, 0) is 0 Å². The maximum Gasteiger partial charge on any atom is 0.278 e. The minimum atomic E-state index is -3.36. The summed E-state index contributed by atoms with van der Waals surface area (Å²) in [5.41, 5.74) is 1.90. The van der Waals surface area contributed by atoms with Gasteiger partial charge >= 0.3 is 0 Å². The average Bonchev–Trinajstić information content (AvgIpc) is 2.88. The molecule has 2 aromatic rings. The Morgan fingerprint density at radius 1 is 1.25 bits per heavy atom. The highest BCUT2D eigenvalue weighted by atomic mass is 32.2. The van der Waals surface area contributed by atoms with E-state index >= 15 is 0 Å². The normalized spacial score (nSPS) is 11.9. The van der Waals surface area contributed by atoms with Gasteiger partial charge in [0.25, 0.3) is 10.2 Å². The van der Waals surface area contributed by atoms with E-state index in [1.807, 2.05) is 30.3 Å². The number of rotatable bonds is 6. The van der Waals surface area contributed by atoms with Crippen molar-refractivity contribution in [3.63, 3.8) is 0 Å². The van der Waals surface area contributed by atoms with Crippen molar-refractivity contribution >= 4 is 10.2 Å². The van der Waals surface area contributed by atoms with Crippen LogP contribution in [-0.2, 0) is 16.6 Å². The summed E-state index contributed by atoms with van der Waals surface area (Å²) < 4.78 is 26.7. The minimum Gasteiger partial charge on any atom is -0.342 e. The van der Waals surface area contributed by atoms with Crippen LogP contribution in [0.1, 0.15) is 5.69 Å². The molecule has 0 amide bonds. The van der Waals surface area contributed by atoms with Crippen LogP contribution in [0.15, 0.2) is 36.5 Å². The molecule has 0 fully saturated rings. The number of imidazole rings is 1. The molecule has 0 atom stereocenters. The molecule has 2 rings (SSSR count). The van der Waals surface area contributed by atoms with Gasteiger partial charge in [0.05, 0.1) is 0 Å². The standard InChI is InChI=1S/C13H18N4O2S/c1-17(2)20(18,19)15-9-8-12-10-14-13(16-12)11-6-4-3-5-7-11/h3-7,10,15H,8-9H2,1-2H3,(H,14,16). The molecular weight excluding hydrogens is 276 g/mol. The molecular formula is C13H18N4O2S. The molecule has 1 aromatic carbocycles. The lowest BCUT2D eigenvalue weighted by Gasteiger charge is -2.11. The third-order valence-corrected chi connectivity index (χ3v) is 4.37. The fourth-order valence-corrected chi connectivity index (χ4v) is 2.29. The Balaban J connectivity index is 1.94. The maximum absolute atomic E-state index is 11.5. The lowest BCUT2D eigenvalue weighted by molar-refractivity contribution is 0.505. The summed E-state index contributed by atoms with van der Waals surface area (Å²) in [6.45, 7) is 0.330. The van der Waals surface area contributed by atoms with E-state index < -0.39 is 10.2 Å². The predicted octanol–water partition coefficient (Wildman–Crippen LogP) is 1.02. The average molecular weight is 294 g/mol. The first-order valence-electron chi connectivity index (χ1n) is 6.25. The number of hydrogen-bond acceptors (Lipinski definition) is 3. The third kappa shape index (κ3) is 3.66. The van der Waals surface area contributed by atoms with Gasteiger partial charge < -0.3 is 4.98 Å². The molecule has 0 aliphatic rings. The van der Waals surface area contributed by atoms with E-state index in [4.69, 9.17) is 0 Å². The van der Waals surface area contributed by atoms with Crippen LogP contribution in [-0.4, -0.2) is 43.3 Å². The van der Waals surface area contributed by atoms with Gasteiger partial charge in [0.15, 0.2) is 0 Å². The van der Waals surface area contributed by atoms with E-state index in [9.17, 15) is 8.42 Å². The largest absolute Gasteiger partial charge is 0.342 e. The molecule has 0 bridgehead atoms. The lowest BCUT2D eigenvalue weighted by Crippen LogP contribution is -2.36. The Morgan fingerprint density at radius 2 is 1.95 bits per heavy atom. The smallest absolute Gasteiger partial charge is 0.278 e. The van der Waals surface area contributed by atoms with Crippen molar-refractivity contribution in [3.8, 4) is 11.4 Å². The van der Waals surface area contributed by atoms with E-state index in [-0.39, 0.29) is 0 Å². The zero-order valence-corrected chi connectivity index (χ0v) is 12.3. The van der Waals surface area contributed by atoms with Gasteiger partial charge in [-0.2, -0.15) is 12.7 Å². The van der Waals surface area contributed by atoms with Crippen molar-refractivity contribution in [2.24, 2.45) is 0 Å². The number of aromatic nitrogens is 2. The maximum atomic E-state index is 11.5. The van der Waals surface area contributed by atoms with Crippen molar-refractivity contribution in [1.29, 1.82) is 0 Å². The fraction of sp³-hybridized carbons (Fsp3) is 0.308. The summed E-state index contributed by atoms with van der Waals surface area (Å²) in [6, 6.07) is 9.78. The molecule has 0 radical (unpaired) electrons. The first kappa shape index (κ1) is 14.7. The predicted molar refractivity (Wildman–Crippen MR) is 78.3 cm³/mol. The van der Waals surface area contributed by atoms with Crippen LogP contribution in [0.5, 0.6) is 0 Å². The topological polar surface area (TPSA) is 78.1 Å². The van der Waals surface area contributed by atoms with Gasteiger partial charge in [0, 0.05) is 44.5 Å². The van der Waals surface area contributed by atoms with Crippen molar-refractivity contribution < 1.29 is 8.42 Å². The van der Waals surface area contributed by atoms with Crippen molar-refractivity contribution in [2.75, 3.05) is 20.6 Å². The Morgan fingerprint density at radius 3 is 2.60 bits per heavy atom. The van der Waals surface area contributed by atoms with Crippen molar-refractivity contribution in [1.82, 2.24) is 19.0 Å². The lowest BCUT2D eigenvalue weighted by atomic mass is 10.2. The molecule has 7 heteroatoms. The van der Waals surface area contributed by atoms with Crippen LogP contribution in [0.2, 0.25) is 0 Å². The second-order valence-electron chi connectivity index (χ2n) is 4.55. The highest BCUT2D eigenvalue weighted by Gasteiger charge is 2.12. The molecule has 0 aliphatic heterocycles. The highest BCUT2D eigenvalue weighted by Crippen LogP contribution is 2.14. The number of benzene rings is 1. The van der Waals surface area contributed by atoms with Crippen molar-refractivity contribution in [3.05, 3.63) is 42.2 Å². The van der Waals surface area contributed by atoms with E-state index in [0.29, 0.717) is 13.0 Å². The molecule has 0 saturated heterocycles. The van der Waals surface area contributed by atoms with Gasteiger partial charge in [-0.25, -0.2) is 9.71 Å². The zero-order chi connectivity index (χ0) is 14.6. The molecule has 1 heterocycles. The minimum absolute atomic E-state index is 0.330. The molecule has 0 spiro atoms. The summed E-state index contributed by atoms with van der Waals surface area (Å²) >= 11 is 0. The van der Waals surface area contributed by atoms with E-state index in [1.165, 1.54) is 14.1 Å². The summed E-state index contributed by atoms with van der Waals surface area (Å²) in [7, 11) is -0.380. The summed E-state index contributed by atoms with van der Waals surface area (Å²) in [5.74, 6) is 0.788. The monoisotopic (exact) mass is 294 g/mol. The van der Waals surface area contributed by atoms with Gasteiger partial charge in [0.2, 0.25) is 0 Å². The SMILES string of the molecule is CN(C)S(=O)(=O)NCCc1cnc(-c2ccccc2)[nH]1. The van der Waals surface area contributed by atoms with Gasteiger partial charge in [-0.15, -0.1) is 0 Å². The Labute approximate surface area is 119 Å². The third-order valence-electron chi connectivity index (χ3n) is 2.84. The molecule has 2 N–H and O–H groups in total. The molecule has 108 valence electrons. The van der Waals surface area contributed by atoms with E-state index in [2.05, 4.69) is 14.7 Å². The van der Waals surface area contributed by atoms with Gasteiger partial charge in [-0.1, -0.05) is 30.3 Å². The first-order chi connectivity index (χ1) is 9.49. The van der Waals surface area contributed by atoms with Crippen LogP contribution in [0.3, 0.4) is 0 Å². The summed E-state index contributed by atoms with van der Waals surface area (Å²) in [6.07, 6.45) is 2.29. The highest BCUT2D eigenvalue weighted by molar-refractivity contribution is 7.87. The first-order valence-corrected chi connectivity index (χ1v) is 7.69. The fourth-order valence-electron chi connectivity index (χ4n) is 1.67. The number of aromatic amines is 1. The van der Waals surface area contributed by atoms with E-state index in [0.717, 1.165) is 21.4 Å². The number of H-pyrrole nitrogens is 1.